The molecule has 2 rings (SSSR count). The number of halogens is 1. The van der Waals surface area contributed by atoms with Crippen LogP contribution in [0.3, 0.4) is 0 Å². The molecule has 0 amide bonds. The number of thiazole rings is 1. The number of nitrogens with zero attached hydrogens (tertiary/aromatic N) is 1. The van der Waals surface area contributed by atoms with Crippen molar-refractivity contribution in [1.82, 2.24) is 4.98 Å². The van der Waals surface area contributed by atoms with E-state index in [1.54, 1.807) is 11.3 Å². The van der Waals surface area contributed by atoms with Gasteiger partial charge in [0, 0.05) is 10.4 Å². The highest BCUT2D eigenvalue weighted by molar-refractivity contribution is 7.13. The molecule has 0 aliphatic carbocycles. The van der Waals surface area contributed by atoms with Gasteiger partial charge in [0.05, 0.1) is 11.7 Å². The average molecular weight is 253 g/mol. The minimum atomic E-state index is 0.239. The lowest BCUT2D eigenvalue weighted by atomic mass is 10.1. The normalized spacial score (nSPS) is 12.4. The molecule has 0 bridgehead atoms. The van der Waals surface area contributed by atoms with Crippen LogP contribution in [-0.2, 0) is 0 Å². The second-order valence-corrected chi connectivity index (χ2v) is 5.01. The molecule has 1 N–H and O–H groups in total. The fourth-order valence-corrected chi connectivity index (χ4v) is 2.34. The maximum atomic E-state index is 5.85. The lowest BCUT2D eigenvalue weighted by molar-refractivity contribution is 0.880. The first-order valence-corrected chi connectivity index (χ1v) is 6.35. The summed E-state index contributed by atoms with van der Waals surface area (Å²) in [6, 6.07) is 8.11. The molecule has 0 radical (unpaired) electrons. The Morgan fingerprint density at radius 1 is 1.31 bits per heavy atom. The van der Waals surface area contributed by atoms with Crippen molar-refractivity contribution in [2.45, 2.75) is 19.9 Å². The van der Waals surface area contributed by atoms with Crippen LogP contribution in [0.15, 0.2) is 29.6 Å². The summed E-state index contributed by atoms with van der Waals surface area (Å²) in [5.74, 6) is 0. The summed E-state index contributed by atoms with van der Waals surface area (Å²) in [5.41, 5.74) is 2.26. The quantitative estimate of drug-likeness (QED) is 0.882. The number of rotatable bonds is 3. The van der Waals surface area contributed by atoms with Crippen molar-refractivity contribution in [3.8, 4) is 0 Å². The molecule has 0 aliphatic heterocycles. The summed E-state index contributed by atoms with van der Waals surface area (Å²) in [5, 5.41) is 7.12. The Labute approximate surface area is 104 Å². The van der Waals surface area contributed by atoms with Gasteiger partial charge in [0.25, 0.3) is 0 Å². The highest BCUT2D eigenvalue weighted by atomic mass is 35.5. The first-order valence-electron chi connectivity index (χ1n) is 5.09. The third-order valence-corrected chi connectivity index (χ3v) is 3.47. The summed E-state index contributed by atoms with van der Waals surface area (Å²) >= 11 is 7.48. The Morgan fingerprint density at radius 3 is 2.56 bits per heavy atom. The first-order chi connectivity index (χ1) is 7.65. The van der Waals surface area contributed by atoms with Crippen LogP contribution in [0.25, 0.3) is 0 Å². The van der Waals surface area contributed by atoms with E-state index in [0.717, 1.165) is 15.8 Å². The summed E-state index contributed by atoms with van der Waals surface area (Å²) in [7, 11) is 0. The van der Waals surface area contributed by atoms with Gasteiger partial charge in [-0.05, 0) is 31.5 Å². The van der Waals surface area contributed by atoms with Crippen LogP contribution in [0.2, 0.25) is 5.02 Å². The van der Waals surface area contributed by atoms with E-state index in [-0.39, 0.29) is 6.04 Å². The second kappa shape index (κ2) is 4.85. The maximum absolute atomic E-state index is 5.85. The van der Waals surface area contributed by atoms with Crippen molar-refractivity contribution in [3.63, 3.8) is 0 Å². The average Bonchev–Trinajstić information content (AvgIpc) is 2.65. The van der Waals surface area contributed by atoms with E-state index < -0.39 is 0 Å². The Kier molecular flexibility index (Phi) is 3.46. The number of benzene rings is 1. The molecule has 84 valence electrons. The zero-order chi connectivity index (χ0) is 11.5. The third kappa shape index (κ3) is 2.74. The van der Waals surface area contributed by atoms with Crippen LogP contribution in [-0.4, -0.2) is 4.98 Å². The highest BCUT2D eigenvalue weighted by Gasteiger charge is 2.06. The van der Waals surface area contributed by atoms with Gasteiger partial charge in [0.1, 0.15) is 0 Å². The van der Waals surface area contributed by atoms with Gasteiger partial charge >= 0.3 is 0 Å². The molecule has 1 aromatic carbocycles. The van der Waals surface area contributed by atoms with Gasteiger partial charge in [-0.2, -0.15) is 0 Å². The van der Waals surface area contributed by atoms with Gasteiger partial charge in [0.2, 0.25) is 0 Å². The fraction of sp³-hybridized carbons (Fsp3) is 0.250. The molecule has 0 spiro atoms. The van der Waals surface area contributed by atoms with Gasteiger partial charge in [-0.25, -0.2) is 4.98 Å². The molecular weight excluding hydrogens is 240 g/mol. The zero-order valence-electron chi connectivity index (χ0n) is 9.20. The Morgan fingerprint density at radius 2 is 2.00 bits per heavy atom. The topological polar surface area (TPSA) is 24.9 Å². The van der Waals surface area contributed by atoms with Crippen molar-refractivity contribution < 1.29 is 0 Å². The summed E-state index contributed by atoms with van der Waals surface area (Å²) in [6.07, 6.45) is 0. The van der Waals surface area contributed by atoms with Crippen molar-refractivity contribution in [2.24, 2.45) is 0 Å². The minimum absolute atomic E-state index is 0.239. The molecule has 1 aromatic heterocycles. The van der Waals surface area contributed by atoms with E-state index in [4.69, 9.17) is 11.6 Å². The largest absolute Gasteiger partial charge is 0.355 e. The summed E-state index contributed by atoms with van der Waals surface area (Å²) < 4.78 is 0. The SMILES string of the molecule is Cc1csc(NC(C)c2ccc(Cl)cc2)n1. The van der Waals surface area contributed by atoms with Crippen molar-refractivity contribution >= 4 is 28.1 Å². The van der Waals surface area contributed by atoms with Gasteiger partial charge in [0.15, 0.2) is 5.13 Å². The molecule has 16 heavy (non-hydrogen) atoms. The fourth-order valence-electron chi connectivity index (χ4n) is 1.44. The van der Waals surface area contributed by atoms with E-state index in [2.05, 4.69) is 17.2 Å². The molecule has 0 saturated carbocycles. The standard InChI is InChI=1S/C12H13ClN2S/c1-8-7-16-12(14-8)15-9(2)10-3-5-11(13)6-4-10/h3-7,9H,1-2H3,(H,14,15). The first kappa shape index (κ1) is 11.4. The van der Waals surface area contributed by atoms with Crippen LogP contribution in [0.1, 0.15) is 24.2 Å². The molecule has 1 heterocycles. The predicted molar refractivity (Wildman–Crippen MR) is 70.3 cm³/mol. The number of aromatic nitrogens is 1. The lowest BCUT2D eigenvalue weighted by Crippen LogP contribution is -2.05. The molecule has 0 aliphatic rings. The van der Waals surface area contributed by atoms with Crippen molar-refractivity contribution in [1.29, 1.82) is 0 Å². The van der Waals surface area contributed by atoms with E-state index in [1.807, 2.05) is 36.6 Å². The van der Waals surface area contributed by atoms with E-state index in [0.29, 0.717) is 0 Å². The number of hydrogen-bond acceptors (Lipinski definition) is 3. The molecule has 4 heteroatoms. The lowest BCUT2D eigenvalue weighted by Gasteiger charge is -2.13. The third-order valence-electron chi connectivity index (χ3n) is 2.33. The van der Waals surface area contributed by atoms with Crippen LogP contribution in [0.4, 0.5) is 5.13 Å². The van der Waals surface area contributed by atoms with Crippen LogP contribution < -0.4 is 5.32 Å². The van der Waals surface area contributed by atoms with Gasteiger partial charge in [-0.1, -0.05) is 23.7 Å². The highest BCUT2D eigenvalue weighted by Crippen LogP contribution is 2.23. The molecule has 2 nitrogen and oxygen atoms in total. The van der Waals surface area contributed by atoms with Gasteiger partial charge < -0.3 is 5.32 Å². The number of hydrogen-bond donors (Lipinski definition) is 1. The molecular formula is C12H13ClN2S. The predicted octanol–water partition coefficient (Wildman–Crippen LogP) is 4.28. The Bertz CT molecular complexity index is 464. The zero-order valence-corrected chi connectivity index (χ0v) is 10.8. The minimum Gasteiger partial charge on any atom is -0.355 e. The van der Waals surface area contributed by atoms with Gasteiger partial charge in [-0.3, -0.25) is 0 Å². The van der Waals surface area contributed by atoms with Gasteiger partial charge in [-0.15, -0.1) is 11.3 Å². The Balaban J connectivity index is 2.08. The molecule has 0 saturated heterocycles. The second-order valence-electron chi connectivity index (χ2n) is 3.71. The van der Waals surface area contributed by atoms with Crippen molar-refractivity contribution in [3.05, 3.63) is 45.9 Å². The molecule has 2 aromatic rings. The van der Waals surface area contributed by atoms with E-state index >= 15 is 0 Å². The van der Waals surface area contributed by atoms with Crippen LogP contribution in [0, 0.1) is 6.92 Å². The van der Waals surface area contributed by atoms with E-state index in [1.165, 1.54) is 5.56 Å². The molecule has 1 unspecified atom stereocenters. The summed E-state index contributed by atoms with van der Waals surface area (Å²) in [4.78, 5) is 4.38. The maximum Gasteiger partial charge on any atom is 0.183 e. The number of nitrogens with one attached hydrogen (secondary N) is 1. The monoisotopic (exact) mass is 252 g/mol. The Hall–Kier alpha value is -1.06. The summed E-state index contributed by atoms with van der Waals surface area (Å²) in [6.45, 7) is 4.11. The number of anilines is 1. The van der Waals surface area contributed by atoms with E-state index in [9.17, 15) is 0 Å². The smallest absolute Gasteiger partial charge is 0.183 e. The molecule has 0 fully saturated rings. The molecule has 1 atom stereocenters. The van der Waals surface area contributed by atoms with Crippen LogP contribution >= 0.6 is 22.9 Å². The number of aryl methyl sites for hydroxylation is 1. The van der Waals surface area contributed by atoms with Crippen LogP contribution in [0.5, 0.6) is 0 Å². The van der Waals surface area contributed by atoms with Crippen molar-refractivity contribution in [2.75, 3.05) is 5.32 Å².